The van der Waals surface area contributed by atoms with Gasteiger partial charge in [-0.25, -0.2) is 0 Å². The number of fused-ring (bicyclic) bond motifs is 5. The number of allylic oxidation sites excluding steroid dienone is 1. The van der Waals surface area contributed by atoms with E-state index in [2.05, 4.69) is 34.3 Å². The summed E-state index contributed by atoms with van der Waals surface area (Å²) in [6, 6.07) is 0. The van der Waals surface area contributed by atoms with E-state index in [1.54, 1.807) is 0 Å². The Labute approximate surface area is 205 Å². The molecule has 0 spiro atoms. The Kier molecular flexibility index (Phi) is 6.37. The zero-order chi connectivity index (χ0) is 25.3. The average molecular weight is 477 g/mol. The zero-order valence-corrected chi connectivity index (χ0v) is 21.7. The summed E-state index contributed by atoms with van der Waals surface area (Å²) < 4.78 is 0. The summed E-state index contributed by atoms with van der Waals surface area (Å²) in [6.45, 7) is 13.1. The van der Waals surface area contributed by atoms with Gasteiger partial charge in [0.1, 0.15) is 0 Å². The molecule has 0 aromatic heterocycles. The number of nitrogens with two attached hydrogens (primary N) is 2. The molecular weight excluding hydrogens is 428 g/mol. The number of carboxylic acids is 1. The predicted molar refractivity (Wildman–Crippen MR) is 134 cm³/mol. The van der Waals surface area contributed by atoms with Crippen LogP contribution in [0.2, 0.25) is 0 Å². The van der Waals surface area contributed by atoms with Gasteiger partial charge in [-0.15, -0.1) is 6.58 Å². The van der Waals surface area contributed by atoms with E-state index in [-0.39, 0.29) is 35.0 Å². The van der Waals surface area contributed by atoms with Crippen LogP contribution in [0.4, 0.5) is 0 Å². The summed E-state index contributed by atoms with van der Waals surface area (Å²) in [5, 5.41) is 32.1. The molecule has 0 bridgehead atoms. The molecule has 0 aliphatic heterocycles. The summed E-state index contributed by atoms with van der Waals surface area (Å²) in [4.78, 5) is 11.2. The van der Waals surface area contributed by atoms with Gasteiger partial charge in [-0.05, 0) is 86.4 Å². The Hall–Kier alpha value is -0.950. The molecule has 0 saturated heterocycles. The highest BCUT2D eigenvalue weighted by atomic mass is 16.4. The molecule has 0 heterocycles. The lowest BCUT2D eigenvalue weighted by molar-refractivity contribution is -0.247. The van der Waals surface area contributed by atoms with Gasteiger partial charge < -0.3 is 26.8 Å². The van der Waals surface area contributed by atoms with Crippen molar-refractivity contribution in [3.8, 4) is 0 Å². The van der Waals surface area contributed by atoms with Crippen LogP contribution in [0, 0.1) is 39.9 Å². The van der Waals surface area contributed by atoms with E-state index in [1.807, 2.05) is 6.08 Å². The predicted octanol–water partition coefficient (Wildman–Crippen LogP) is 3.83. The minimum absolute atomic E-state index is 0.0575. The van der Waals surface area contributed by atoms with Crippen molar-refractivity contribution in [1.29, 1.82) is 0 Å². The summed E-state index contributed by atoms with van der Waals surface area (Å²) in [5.41, 5.74) is 12.8. The second-order valence-corrected chi connectivity index (χ2v) is 13.0. The van der Waals surface area contributed by atoms with E-state index in [4.69, 9.17) is 11.5 Å². The number of aliphatic carboxylic acids is 1. The third kappa shape index (κ3) is 3.04. The SMILES string of the molecule is C=C[C@@]12C[C@H](O)CC[C@]1(C)[C@@]1(N)CC[C@]3(C)[C@@H]([C@H](C)CCC(=O)O)CC[C@@]3(N)[C@@H]1[C@H](O)[C@@H]2CC. The first-order chi connectivity index (χ1) is 15.8. The number of hydrogen-bond donors (Lipinski definition) is 5. The van der Waals surface area contributed by atoms with E-state index >= 15 is 0 Å². The van der Waals surface area contributed by atoms with Gasteiger partial charge in [0.2, 0.25) is 0 Å². The van der Waals surface area contributed by atoms with Crippen LogP contribution in [0.15, 0.2) is 12.7 Å². The zero-order valence-electron chi connectivity index (χ0n) is 21.7. The van der Waals surface area contributed by atoms with Gasteiger partial charge in [0.15, 0.2) is 0 Å². The maximum Gasteiger partial charge on any atom is 0.303 e. The minimum atomic E-state index is -0.750. The van der Waals surface area contributed by atoms with Crippen LogP contribution in [0.1, 0.15) is 91.9 Å². The number of aliphatic hydroxyl groups is 2. The van der Waals surface area contributed by atoms with E-state index in [0.29, 0.717) is 25.2 Å². The molecule has 4 aliphatic carbocycles. The molecule has 34 heavy (non-hydrogen) atoms. The normalized spacial score (nSPS) is 53.4. The minimum Gasteiger partial charge on any atom is -0.481 e. The first kappa shape index (κ1) is 26.1. The van der Waals surface area contributed by atoms with Crippen molar-refractivity contribution in [1.82, 2.24) is 0 Å². The second kappa shape index (κ2) is 8.29. The molecule has 7 N–H and O–H groups in total. The largest absolute Gasteiger partial charge is 0.481 e. The third-order valence-corrected chi connectivity index (χ3v) is 12.2. The molecule has 0 radical (unpaired) electrons. The molecule has 4 rings (SSSR count). The fraction of sp³-hybridized carbons (Fsp3) is 0.893. The second-order valence-electron chi connectivity index (χ2n) is 13.0. The van der Waals surface area contributed by atoms with Crippen molar-refractivity contribution >= 4 is 5.97 Å². The van der Waals surface area contributed by atoms with Crippen LogP contribution < -0.4 is 11.5 Å². The Morgan fingerprint density at radius 2 is 1.79 bits per heavy atom. The smallest absolute Gasteiger partial charge is 0.303 e. The number of aliphatic hydroxyl groups excluding tert-OH is 2. The van der Waals surface area contributed by atoms with E-state index in [9.17, 15) is 20.1 Å². The van der Waals surface area contributed by atoms with Gasteiger partial charge in [-0.1, -0.05) is 33.8 Å². The molecule has 0 aromatic rings. The highest BCUT2D eigenvalue weighted by Gasteiger charge is 2.77. The number of carbonyl (C=O) groups is 1. The van der Waals surface area contributed by atoms with Crippen molar-refractivity contribution in [3.05, 3.63) is 12.7 Å². The monoisotopic (exact) mass is 476 g/mol. The van der Waals surface area contributed by atoms with Gasteiger partial charge in [0, 0.05) is 28.8 Å². The summed E-state index contributed by atoms with van der Waals surface area (Å²) in [7, 11) is 0. The van der Waals surface area contributed by atoms with Crippen LogP contribution in [-0.4, -0.2) is 44.6 Å². The number of rotatable bonds is 6. The van der Waals surface area contributed by atoms with Gasteiger partial charge in [0.05, 0.1) is 12.2 Å². The van der Waals surface area contributed by atoms with Gasteiger partial charge in [0.25, 0.3) is 0 Å². The Bertz CT molecular complexity index is 835. The molecule has 0 aromatic carbocycles. The Morgan fingerprint density at radius 3 is 2.38 bits per heavy atom. The molecule has 6 nitrogen and oxygen atoms in total. The number of carboxylic acid groups (broad SMARTS) is 1. The van der Waals surface area contributed by atoms with Crippen LogP contribution >= 0.6 is 0 Å². The molecule has 0 unspecified atom stereocenters. The molecule has 4 fully saturated rings. The van der Waals surface area contributed by atoms with E-state index in [0.717, 1.165) is 38.5 Å². The van der Waals surface area contributed by atoms with Gasteiger partial charge in [-0.2, -0.15) is 0 Å². The summed E-state index contributed by atoms with van der Waals surface area (Å²) in [6.07, 6.45) is 8.11. The molecule has 194 valence electrons. The van der Waals surface area contributed by atoms with Crippen LogP contribution in [0.5, 0.6) is 0 Å². The van der Waals surface area contributed by atoms with Crippen LogP contribution in [0.25, 0.3) is 0 Å². The Morgan fingerprint density at radius 1 is 1.12 bits per heavy atom. The Balaban J connectivity index is 1.80. The lowest BCUT2D eigenvalue weighted by atomic mass is 9.32. The van der Waals surface area contributed by atoms with E-state index in [1.165, 1.54) is 0 Å². The molecule has 11 atom stereocenters. The van der Waals surface area contributed by atoms with Crippen molar-refractivity contribution in [3.63, 3.8) is 0 Å². The lowest BCUT2D eigenvalue weighted by Gasteiger charge is -2.75. The molecule has 6 heteroatoms. The van der Waals surface area contributed by atoms with Crippen molar-refractivity contribution < 1.29 is 20.1 Å². The fourth-order valence-electron chi connectivity index (χ4n) is 10.3. The molecular formula is C28H48N2O4. The highest BCUT2D eigenvalue weighted by Crippen LogP contribution is 2.74. The number of hydrogen-bond acceptors (Lipinski definition) is 5. The lowest BCUT2D eigenvalue weighted by Crippen LogP contribution is -2.83. The molecule has 4 aliphatic rings. The van der Waals surface area contributed by atoms with Crippen molar-refractivity contribution in [2.75, 3.05) is 0 Å². The first-order valence-electron chi connectivity index (χ1n) is 13.6. The third-order valence-electron chi connectivity index (χ3n) is 12.2. The maximum atomic E-state index is 12.1. The van der Waals surface area contributed by atoms with Crippen LogP contribution in [0.3, 0.4) is 0 Å². The molecule has 0 amide bonds. The summed E-state index contributed by atoms with van der Waals surface area (Å²) in [5.74, 6) is -0.472. The molecule has 4 saturated carbocycles. The van der Waals surface area contributed by atoms with Gasteiger partial charge in [-0.3, -0.25) is 4.79 Å². The fourth-order valence-corrected chi connectivity index (χ4v) is 10.3. The van der Waals surface area contributed by atoms with Gasteiger partial charge >= 0.3 is 5.97 Å². The average Bonchev–Trinajstić information content (AvgIpc) is 3.05. The van der Waals surface area contributed by atoms with Crippen LogP contribution in [-0.2, 0) is 4.79 Å². The highest BCUT2D eigenvalue weighted by molar-refractivity contribution is 5.66. The quantitative estimate of drug-likeness (QED) is 0.370. The summed E-state index contributed by atoms with van der Waals surface area (Å²) >= 11 is 0. The first-order valence-corrected chi connectivity index (χ1v) is 13.6. The standard InChI is InChI=1S/C28H48N2O4/c1-6-19-22(34)23-27(29)13-11-20(17(3)8-9-21(32)33)24(27,4)14-15-28(23,30)25(5)12-10-18(31)16-26(19,25)7-2/h7,17-20,22-23,31,34H,2,6,8-16,29-30H2,1,3-5H3,(H,32,33)/t17-,18-,19+,20-,22-,23+,24-,25+,26+,27-,28-/m1/s1. The van der Waals surface area contributed by atoms with E-state index < -0.39 is 34.7 Å². The van der Waals surface area contributed by atoms with Crippen molar-refractivity contribution in [2.24, 2.45) is 51.4 Å². The van der Waals surface area contributed by atoms with Crippen molar-refractivity contribution in [2.45, 2.75) is 115 Å². The maximum absolute atomic E-state index is 12.1. The topological polar surface area (TPSA) is 130 Å².